The van der Waals surface area contributed by atoms with Crippen molar-refractivity contribution in [3.63, 3.8) is 0 Å². The van der Waals surface area contributed by atoms with Gasteiger partial charge in [0.2, 0.25) is 0 Å². The van der Waals surface area contributed by atoms with Crippen LogP contribution < -0.4 is 10.5 Å². The Bertz CT molecular complexity index is 469. The van der Waals surface area contributed by atoms with Gasteiger partial charge in [0, 0.05) is 17.3 Å². The molecule has 2 N–H and O–H groups in total. The lowest BCUT2D eigenvalue weighted by Gasteiger charge is -2.09. The van der Waals surface area contributed by atoms with Crippen LogP contribution in [0.25, 0.3) is 0 Å². The highest BCUT2D eigenvalue weighted by molar-refractivity contribution is 7.90. The van der Waals surface area contributed by atoms with Crippen LogP contribution in [0.15, 0.2) is 18.2 Å². The van der Waals surface area contributed by atoms with Crippen molar-refractivity contribution in [3.05, 3.63) is 23.8 Å². The third-order valence-electron chi connectivity index (χ3n) is 2.50. The van der Waals surface area contributed by atoms with Crippen molar-refractivity contribution in [1.29, 1.82) is 0 Å². The van der Waals surface area contributed by atoms with Gasteiger partial charge in [-0.25, -0.2) is 8.42 Å². The number of anilines is 1. The molecule has 1 rings (SSSR count). The average molecular weight is 257 g/mol. The second-order valence-electron chi connectivity index (χ2n) is 4.02. The quantitative estimate of drug-likeness (QED) is 0.791. The maximum absolute atomic E-state index is 11.8. The van der Waals surface area contributed by atoms with E-state index in [2.05, 4.69) is 0 Å². The van der Waals surface area contributed by atoms with E-state index in [4.69, 9.17) is 10.5 Å². The van der Waals surface area contributed by atoms with Crippen LogP contribution in [-0.4, -0.2) is 21.3 Å². The van der Waals surface area contributed by atoms with Crippen LogP contribution in [0.2, 0.25) is 0 Å². The van der Waals surface area contributed by atoms with E-state index in [-0.39, 0.29) is 11.5 Å². The molecule has 17 heavy (non-hydrogen) atoms. The number of ether oxygens (including phenoxy) is 1. The molecule has 1 aromatic rings. The third kappa shape index (κ3) is 4.26. The fourth-order valence-electron chi connectivity index (χ4n) is 1.55. The van der Waals surface area contributed by atoms with Crippen molar-refractivity contribution in [2.24, 2.45) is 0 Å². The van der Waals surface area contributed by atoms with Gasteiger partial charge in [0.1, 0.15) is 5.75 Å². The second kappa shape index (κ2) is 5.91. The van der Waals surface area contributed by atoms with Crippen LogP contribution in [0.1, 0.15) is 25.3 Å². The fourth-order valence-corrected chi connectivity index (χ4v) is 3.14. The topological polar surface area (TPSA) is 69.4 Å². The molecule has 0 unspecified atom stereocenters. The largest absolute Gasteiger partial charge is 0.496 e. The molecule has 0 aromatic heterocycles. The van der Waals surface area contributed by atoms with Crippen LogP contribution in [0.3, 0.4) is 0 Å². The van der Waals surface area contributed by atoms with E-state index in [9.17, 15) is 8.42 Å². The van der Waals surface area contributed by atoms with Crippen molar-refractivity contribution in [1.82, 2.24) is 0 Å². The third-order valence-corrected chi connectivity index (χ3v) is 4.16. The normalized spacial score (nSPS) is 11.4. The van der Waals surface area contributed by atoms with Crippen LogP contribution in [-0.2, 0) is 15.6 Å². The lowest BCUT2D eigenvalue weighted by Crippen LogP contribution is -2.10. The minimum absolute atomic E-state index is 0.0104. The molecule has 0 radical (unpaired) electrons. The van der Waals surface area contributed by atoms with Crippen molar-refractivity contribution >= 4 is 15.5 Å². The van der Waals surface area contributed by atoms with Crippen LogP contribution >= 0.6 is 0 Å². The molecule has 0 bridgehead atoms. The van der Waals surface area contributed by atoms with Gasteiger partial charge in [-0.1, -0.05) is 19.4 Å². The number of benzene rings is 1. The molecule has 5 heteroatoms. The molecule has 0 aliphatic rings. The summed E-state index contributed by atoms with van der Waals surface area (Å²) in [6.45, 7) is 1.97. The van der Waals surface area contributed by atoms with Gasteiger partial charge in [-0.15, -0.1) is 0 Å². The van der Waals surface area contributed by atoms with E-state index >= 15 is 0 Å². The highest BCUT2D eigenvalue weighted by atomic mass is 32.2. The lowest BCUT2D eigenvalue weighted by atomic mass is 10.2. The number of unbranched alkanes of at least 4 members (excludes halogenated alkanes) is 1. The Morgan fingerprint density at radius 3 is 2.65 bits per heavy atom. The molecule has 0 heterocycles. The Balaban J connectivity index is 2.87. The molecular formula is C12H19NO3S. The van der Waals surface area contributed by atoms with Crippen molar-refractivity contribution in [2.45, 2.75) is 25.5 Å². The Kier molecular flexibility index (Phi) is 4.81. The summed E-state index contributed by atoms with van der Waals surface area (Å²) >= 11 is 0. The zero-order valence-corrected chi connectivity index (χ0v) is 11.1. The van der Waals surface area contributed by atoms with Gasteiger partial charge in [-0.3, -0.25) is 0 Å². The van der Waals surface area contributed by atoms with E-state index in [0.717, 1.165) is 6.42 Å². The summed E-state index contributed by atoms with van der Waals surface area (Å²) in [6.07, 6.45) is 1.57. The number of hydrogen-bond acceptors (Lipinski definition) is 4. The van der Waals surface area contributed by atoms with Crippen molar-refractivity contribution in [2.75, 3.05) is 18.6 Å². The predicted octanol–water partition coefficient (Wildman–Crippen LogP) is 1.99. The lowest BCUT2D eigenvalue weighted by molar-refractivity contribution is 0.411. The first kappa shape index (κ1) is 13.8. The average Bonchev–Trinajstić information content (AvgIpc) is 2.28. The fraction of sp³-hybridized carbons (Fsp3) is 0.500. The minimum Gasteiger partial charge on any atom is -0.496 e. The zero-order chi connectivity index (χ0) is 12.9. The van der Waals surface area contributed by atoms with Crippen molar-refractivity contribution < 1.29 is 13.2 Å². The summed E-state index contributed by atoms with van der Waals surface area (Å²) < 4.78 is 28.8. The summed E-state index contributed by atoms with van der Waals surface area (Å²) in [7, 11) is -1.55. The summed E-state index contributed by atoms with van der Waals surface area (Å²) in [4.78, 5) is 0. The number of nitrogens with two attached hydrogens (primary N) is 1. The second-order valence-corrected chi connectivity index (χ2v) is 6.20. The van der Waals surface area contributed by atoms with E-state index in [1.165, 1.54) is 7.11 Å². The van der Waals surface area contributed by atoms with Gasteiger partial charge in [-0.05, 0) is 12.5 Å². The molecular weight excluding hydrogens is 238 g/mol. The minimum atomic E-state index is -3.06. The Labute approximate surface area is 103 Å². The number of hydrogen-bond donors (Lipinski definition) is 1. The summed E-state index contributed by atoms with van der Waals surface area (Å²) in [6, 6.07) is 5.04. The van der Waals surface area contributed by atoms with E-state index in [1.54, 1.807) is 18.2 Å². The highest BCUT2D eigenvalue weighted by Crippen LogP contribution is 2.23. The SMILES string of the molecule is CCCCS(=O)(=O)Cc1ccc(N)cc1OC. The van der Waals surface area contributed by atoms with Gasteiger partial charge < -0.3 is 10.5 Å². The van der Waals surface area contributed by atoms with E-state index in [0.29, 0.717) is 23.4 Å². The van der Waals surface area contributed by atoms with Crippen LogP contribution in [0.5, 0.6) is 5.75 Å². The van der Waals surface area contributed by atoms with Crippen LogP contribution in [0.4, 0.5) is 5.69 Å². The molecule has 0 aliphatic carbocycles. The monoisotopic (exact) mass is 257 g/mol. The van der Waals surface area contributed by atoms with Crippen molar-refractivity contribution in [3.8, 4) is 5.75 Å². The van der Waals surface area contributed by atoms with Crippen LogP contribution in [0, 0.1) is 0 Å². The first-order valence-corrected chi connectivity index (χ1v) is 7.43. The Morgan fingerprint density at radius 1 is 1.35 bits per heavy atom. The first-order valence-electron chi connectivity index (χ1n) is 5.61. The molecule has 0 atom stereocenters. The highest BCUT2D eigenvalue weighted by Gasteiger charge is 2.14. The molecule has 0 saturated carbocycles. The summed E-state index contributed by atoms with van der Waals surface area (Å²) in [5.74, 6) is 0.762. The predicted molar refractivity (Wildman–Crippen MR) is 69.8 cm³/mol. The summed E-state index contributed by atoms with van der Waals surface area (Å²) in [5.41, 5.74) is 6.85. The number of nitrogen functional groups attached to an aromatic ring is 1. The number of rotatable bonds is 6. The zero-order valence-electron chi connectivity index (χ0n) is 10.3. The molecule has 96 valence electrons. The van der Waals surface area contributed by atoms with Gasteiger partial charge in [-0.2, -0.15) is 0 Å². The molecule has 0 saturated heterocycles. The Hall–Kier alpha value is -1.23. The molecule has 1 aromatic carbocycles. The maximum Gasteiger partial charge on any atom is 0.154 e. The molecule has 0 spiro atoms. The van der Waals surface area contributed by atoms with Gasteiger partial charge in [0.25, 0.3) is 0 Å². The maximum atomic E-state index is 11.8. The van der Waals surface area contributed by atoms with Gasteiger partial charge in [0.15, 0.2) is 9.84 Å². The molecule has 4 nitrogen and oxygen atoms in total. The smallest absolute Gasteiger partial charge is 0.154 e. The van der Waals surface area contributed by atoms with E-state index in [1.807, 2.05) is 6.92 Å². The summed E-state index contributed by atoms with van der Waals surface area (Å²) in [5, 5.41) is 0. The Morgan fingerprint density at radius 2 is 2.06 bits per heavy atom. The van der Waals surface area contributed by atoms with E-state index < -0.39 is 9.84 Å². The number of methoxy groups -OCH3 is 1. The molecule has 0 amide bonds. The van der Waals surface area contributed by atoms with Gasteiger partial charge >= 0.3 is 0 Å². The standard InChI is InChI=1S/C12H19NO3S/c1-3-4-7-17(14,15)9-10-5-6-11(13)8-12(10)16-2/h5-6,8H,3-4,7,9,13H2,1-2H3. The molecule has 0 fully saturated rings. The van der Waals surface area contributed by atoms with Gasteiger partial charge in [0.05, 0.1) is 18.6 Å². The first-order chi connectivity index (χ1) is 7.98. The number of sulfone groups is 1. The molecule has 0 aliphatic heterocycles.